The number of hydrogen-bond donors (Lipinski definition) is 1. The maximum atomic E-state index is 13.8. The van der Waals surface area contributed by atoms with Crippen molar-refractivity contribution in [1.29, 1.82) is 5.26 Å². The predicted octanol–water partition coefficient (Wildman–Crippen LogP) is 3.71. The summed E-state index contributed by atoms with van der Waals surface area (Å²) >= 11 is 0. The normalized spacial score (nSPS) is 10.7. The van der Waals surface area contributed by atoms with Gasteiger partial charge in [0.15, 0.2) is 0 Å². The molecule has 2 heterocycles. The standard InChI is InChI=1S/C22H16FN5O/c1-14-5-2-3-7-19(14)28-20(13-26-21-15(12-24)6-4-10-25-21)27-18-9-8-16(23)11-17(18)22(28)29/h2-11H,13H2,1H3,(H,25,26). The zero-order valence-electron chi connectivity index (χ0n) is 15.6. The summed E-state index contributed by atoms with van der Waals surface area (Å²) in [6.07, 6.45) is 1.58. The molecule has 0 bridgehead atoms. The Morgan fingerprint density at radius 2 is 2.00 bits per heavy atom. The third-order valence-corrected chi connectivity index (χ3v) is 4.60. The number of aryl methyl sites for hydroxylation is 1. The van der Waals surface area contributed by atoms with E-state index >= 15 is 0 Å². The highest BCUT2D eigenvalue weighted by atomic mass is 19.1. The van der Waals surface area contributed by atoms with Gasteiger partial charge < -0.3 is 5.32 Å². The van der Waals surface area contributed by atoms with Crippen LogP contribution in [-0.2, 0) is 6.54 Å². The minimum absolute atomic E-state index is 0.155. The van der Waals surface area contributed by atoms with Gasteiger partial charge in [-0.2, -0.15) is 5.26 Å². The fourth-order valence-electron chi connectivity index (χ4n) is 3.18. The summed E-state index contributed by atoms with van der Waals surface area (Å²) in [5, 5.41) is 12.5. The van der Waals surface area contributed by atoms with E-state index in [0.29, 0.717) is 28.4 Å². The molecule has 0 fully saturated rings. The number of fused-ring (bicyclic) bond motifs is 1. The van der Waals surface area contributed by atoms with Crippen LogP contribution in [0.3, 0.4) is 0 Å². The maximum absolute atomic E-state index is 13.8. The second kappa shape index (κ2) is 7.52. The lowest BCUT2D eigenvalue weighted by atomic mass is 10.1. The van der Waals surface area contributed by atoms with Crippen molar-refractivity contribution < 1.29 is 4.39 Å². The molecule has 4 aromatic rings. The first-order valence-corrected chi connectivity index (χ1v) is 8.94. The summed E-state index contributed by atoms with van der Waals surface area (Å²) in [7, 11) is 0. The average molecular weight is 385 g/mol. The quantitative estimate of drug-likeness (QED) is 0.579. The van der Waals surface area contributed by atoms with Gasteiger partial charge in [0.1, 0.15) is 23.5 Å². The van der Waals surface area contributed by atoms with Crippen molar-refractivity contribution in [3.63, 3.8) is 0 Å². The molecule has 0 spiro atoms. The molecule has 7 heteroatoms. The van der Waals surface area contributed by atoms with Crippen LogP contribution in [0.1, 0.15) is 17.0 Å². The van der Waals surface area contributed by atoms with Gasteiger partial charge in [-0.25, -0.2) is 14.4 Å². The van der Waals surface area contributed by atoms with E-state index in [1.165, 1.54) is 22.8 Å². The second-order valence-electron chi connectivity index (χ2n) is 6.48. The van der Waals surface area contributed by atoms with Crippen LogP contribution in [-0.4, -0.2) is 14.5 Å². The molecule has 0 aliphatic carbocycles. The molecule has 0 saturated heterocycles. The molecule has 0 amide bonds. The van der Waals surface area contributed by atoms with E-state index in [1.807, 2.05) is 31.2 Å². The Labute approximate surface area is 165 Å². The van der Waals surface area contributed by atoms with Crippen LogP contribution in [0.25, 0.3) is 16.6 Å². The zero-order valence-corrected chi connectivity index (χ0v) is 15.6. The first kappa shape index (κ1) is 18.3. The van der Waals surface area contributed by atoms with Crippen LogP contribution in [0.15, 0.2) is 65.6 Å². The van der Waals surface area contributed by atoms with E-state index < -0.39 is 5.82 Å². The fourth-order valence-corrected chi connectivity index (χ4v) is 3.18. The summed E-state index contributed by atoms with van der Waals surface area (Å²) in [6.45, 7) is 2.05. The molecule has 0 saturated carbocycles. The lowest BCUT2D eigenvalue weighted by molar-refractivity contribution is 0.629. The molecule has 0 aliphatic rings. The molecule has 1 N–H and O–H groups in total. The Balaban J connectivity index is 1.89. The molecule has 2 aromatic carbocycles. The third kappa shape index (κ3) is 3.44. The van der Waals surface area contributed by atoms with E-state index in [-0.39, 0.29) is 17.5 Å². The molecule has 0 aliphatic heterocycles. The Morgan fingerprint density at radius 3 is 2.79 bits per heavy atom. The second-order valence-corrected chi connectivity index (χ2v) is 6.48. The predicted molar refractivity (Wildman–Crippen MR) is 108 cm³/mol. The highest BCUT2D eigenvalue weighted by Gasteiger charge is 2.15. The number of benzene rings is 2. The van der Waals surface area contributed by atoms with E-state index in [4.69, 9.17) is 0 Å². The number of pyridine rings is 1. The molecular formula is C22H16FN5O. The zero-order chi connectivity index (χ0) is 20.4. The number of para-hydroxylation sites is 1. The number of aromatic nitrogens is 3. The van der Waals surface area contributed by atoms with Crippen LogP contribution in [0, 0.1) is 24.1 Å². The SMILES string of the molecule is Cc1ccccc1-n1c(CNc2ncccc2C#N)nc2ccc(F)cc2c1=O. The summed E-state index contributed by atoms with van der Waals surface area (Å²) in [5.41, 5.74) is 1.97. The number of nitriles is 1. The van der Waals surface area contributed by atoms with Gasteiger partial charge in [0.2, 0.25) is 0 Å². The van der Waals surface area contributed by atoms with Crippen LogP contribution < -0.4 is 10.9 Å². The van der Waals surface area contributed by atoms with Gasteiger partial charge in [-0.3, -0.25) is 9.36 Å². The summed E-state index contributed by atoms with van der Waals surface area (Å²) < 4.78 is 15.2. The smallest absolute Gasteiger partial charge is 0.266 e. The third-order valence-electron chi connectivity index (χ3n) is 4.60. The van der Waals surface area contributed by atoms with Gasteiger partial charge >= 0.3 is 0 Å². The van der Waals surface area contributed by atoms with Gasteiger partial charge in [0.05, 0.1) is 28.7 Å². The van der Waals surface area contributed by atoms with Gasteiger partial charge in [-0.15, -0.1) is 0 Å². The Bertz CT molecular complexity index is 1320. The van der Waals surface area contributed by atoms with Crippen molar-refractivity contribution in [2.24, 2.45) is 0 Å². The number of halogens is 1. The number of rotatable bonds is 4. The molecule has 6 nitrogen and oxygen atoms in total. The average Bonchev–Trinajstić information content (AvgIpc) is 2.74. The Hall–Kier alpha value is -4.05. The van der Waals surface area contributed by atoms with Crippen molar-refractivity contribution in [2.45, 2.75) is 13.5 Å². The molecule has 0 atom stereocenters. The summed E-state index contributed by atoms with van der Waals surface area (Å²) in [6, 6.07) is 16.8. The number of nitrogens with zero attached hydrogens (tertiary/aromatic N) is 4. The summed E-state index contributed by atoms with van der Waals surface area (Å²) in [4.78, 5) is 22.0. The highest BCUT2D eigenvalue weighted by Crippen LogP contribution is 2.18. The van der Waals surface area contributed by atoms with E-state index in [1.54, 1.807) is 18.3 Å². The van der Waals surface area contributed by atoms with Crippen LogP contribution >= 0.6 is 0 Å². The number of anilines is 1. The molecule has 29 heavy (non-hydrogen) atoms. The van der Waals surface area contributed by atoms with E-state index in [0.717, 1.165) is 5.56 Å². The van der Waals surface area contributed by atoms with Crippen molar-refractivity contribution in [1.82, 2.24) is 14.5 Å². The first-order chi connectivity index (χ1) is 14.1. The lowest BCUT2D eigenvalue weighted by Gasteiger charge is -2.16. The van der Waals surface area contributed by atoms with Gasteiger partial charge in [-0.1, -0.05) is 18.2 Å². The molecule has 0 unspecified atom stereocenters. The van der Waals surface area contributed by atoms with Gasteiger partial charge in [0, 0.05) is 6.20 Å². The molecule has 4 rings (SSSR count). The van der Waals surface area contributed by atoms with E-state index in [2.05, 4.69) is 21.4 Å². The molecular weight excluding hydrogens is 369 g/mol. The van der Waals surface area contributed by atoms with Crippen molar-refractivity contribution in [3.8, 4) is 11.8 Å². The van der Waals surface area contributed by atoms with Gasteiger partial charge in [0.25, 0.3) is 5.56 Å². The molecule has 2 aromatic heterocycles. The lowest BCUT2D eigenvalue weighted by Crippen LogP contribution is -2.26. The Morgan fingerprint density at radius 1 is 1.17 bits per heavy atom. The molecule has 0 radical (unpaired) electrons. The van der Waals surface area contributed by atoms with Crippen LogP contribution in [0.4, 0.5) is 10.2 Å². The first-order valence-electron chi connectivity index (χ1n) is 8.94. The van der Waals surface area contributed by atoms with Crippen molar-refractivity contribution in [2.75, 3.05) is 5.32 Å². The van der Waals surface area contributed by atoms with E-state index in [9.17, 15) is 14.4 Å². The van der Waals surface area contributed by atoms with Crippen molar-refractivity contribution in [3.05, 3.63) is 93.9 Å². The minimum Gasteiger partial charge on any atom is -0.362 e. The monoisotopic (exact) mass is 385 g/mol. The van der Waals surface area contributed by atoms with Gasteiger partial charge in [-0.05, 0) is 48.9 Å². The minimum atomic E-state index is -0.495. The Kier molecular flexibility index (Phi) is 4.75. The van der Waals surface area contributed by atoms with Crippen molar-refractivity contribution >= 4 is 16.7 Å². The fraction of sp³-hybridized carbons (Fsp3) is 0.0909. The maximum Gasteiger partial charge on any atom is 0.266 e. The number of hydrogen-bond acceptors (Lipinski definition) is 5. The molecule has 142 valence electrons. The number of nitrogens with one attached hydrogen (secondary N) is 1. The summed E-state index contributed by atoms with van der Waals surface area (Å²) in [5.74, 6) is 0.337. The van der Waals surface area contributed by atoms with Crippen LogP contribution in [0.5, 0.6) is 0 Å². The van der Waals surface area contributed by atoms with Crippen LogP contribution in [0.2, 0.25) is 0 Å². The highest BCUT2D eigenvalue weighted by molar-refractivity contribution is 5.78. The topological polar surface area (TPSA) is 83.6 Å². The largest absolute Gasteiger partial charge is 0.362 e.